The van der Waals surface area contributed by atoms with Crippen LogP contribution in [0.15, 0.2) is 64.2 Å². The zero-order valence-electron chi connectivity index (χ0n) is 18.1. The van der Waals surface area contributed by atoms with Crippen LogP contribution in [0, 0.1) is 15.9 Å². The van der Waals surface area contributed by atoms with Crippen molar-refractivity contribution in [2.75, 3.05) is 12.0 Å². The summed E-state index contributed by atoms with van der Waals surface area (Å²) in [5.41, 5.74) is 1.54. The fraction of sp³-hybridized carbons (Fsp3) is 0.174. The van der Waals surface area contributed by atoms with Gasteiger partial charge in [0.05, 0.1) is 23.3 Å². The molecule has 0 heterocycles. The molecule has 3 aromatic rings. The standard InChI is InChI=1S/C23H18BrF4N3O4/c1-2-34-21-9-15(18(24)11-22(21)35-13-14-3-6-17(25)7-4-14)12-29-30-19-8-5-16(23(26,27)28)10-20(19)31(32)33/h3-12,30H,2,13H2,1H3/b29-12-. The highest BCUT2D eigenvalue weighted by Crippen LogP contribution is 2.36. The predicted octanol–water partition coefficient (Wildman–Crippen LogP) is 6.94. The van der Waals surface area contributed by atoms with Gasteiger partial charge in [0.1, 0.15) is 18.1 Å². The highest BCUT2D eigenvalue weighted by molar-refractivity contribution is 9.10. The van der Waals surface area contributed by atoms with E-state index in [0.29, 0.717) is 34.2 Å². The molecule has 7 nitrogen and oxygen atoms in total. The molecule has 184 valence electrons. The Morgan fingerprint density at radius 2 is 1.77 bits per heavy atom. The van der Waals surface area contributed by atoms with Crippen molar-refractivity contribution in [3.05, 3.63) is 91.7 Å². The van der Waals surface area contributed by atoms with E-state index in [2.05, 4.69) is 26.5 Å². The van der Waals surface area contributed by atoms with Gasteiger partial charge in [-0.2, -0.15) is 18.3 Å². The van der Waals surface area contributed by atoms with Gasteiger partial charge in [-0.1, -0.05) is 12.1 Å². The second kappa shape index (κ2) is 11.2. The number of hydrogen-bond donors (Lipinski definition) is 1. The van der Waals surface area contributed by atoms with Crippen LogP contribution >= 0.6 is 15.9 Å². The van der Waals surface area contributed by atoms with Crippen LogP contribution in [0.2, 0.25) is 0 Å². The van der Waals surface area contributed by atoms with Crippen LogP contribution in [0.4, 0.5) is 28.9 Å². The fourth-order valence-electron chi connectivity index (χ4n) is 2.90. The molecular weight excluding hydrogens is 538 g/mol. The van der Waals surface area contributed by atoms with E-state index >= 15 is 0 Å². The van der Waals surface area contributed by atoms with Crippen LogP contribution in [0.5, 0.6) is 11.5 Å². The Morgan fingerprint density at radius 3 is 2.40 bits per heavy atom. The largest absolute Gasteiger partial charge is 0.490 e. The SMILES string of the molecule is CCOc1cc(/C=N\Nc2ccc(C(F)(F)F)cc2[N+](=O)[O-])c(Br)cc1OCc1ccc(F)cc1. The van der Waals surface area contributed by atoms with Crippen molar-refractivity contribution >= 4 is 33.5 Å². The maximum atomic E-state index is 13.1. The Bertz CT molecular complexity index is 1230. The van der Waals surface area contributed by atoms with Crippen LogP contribution in [0.3, 0.4) is 0 Å². The molecule has 35 heavy (non-hydrogen) atoms. The summed E-state index contributed by atoms with van der Waals surface area (Å²) in [7, 11) is 0. The van der Waals surface area contributed by atoms with Gasteiger partial charge in [-0.15, -0.1) is 0 Å². The molecule has 12 heteroatoms. The van der Waals surface area contributed by atoms with Crippen LogP contribution in [0.25, 0.3) is 0 Å². The Hall–Kier alpha value is -3.67. The van der Waals surface area contributed by atoms with Crippen molar-refractivity contribution in [1.29, 1.82) is 0 Å². The van der Waals surface area contributed by atoms with Gasteiger partial charge >= 0.3 is 6.18 Å². The third kappa shape index (κ3) is 6.92. The number of nitrogens with one attached hydrogen (secondary N) is 1. The van der Waals surface area contributed by atoms with E-state index in [-0.39, 0.29) is 18.1 Å². The molecule has 3 rings (SSSR count). The van der Waals surface area contributed by atoms with Crippen molar-refractivity contribution < 1.29 is 32.0 Å². The van der Waals surface area contributed by atoms with E-state index in [1.165, 1.54) is 18.3 Å². The Kier molecular flexibility index (Phi) is 8.28. The molecule has 0 fully saturated rings. The van der Waals surface area contributed by atoms with E-state index in [1.54, 1.807) is 31.2 Å². The van der Waals surface area contributed by atoms with E-state index < -0.39 is 22.4 Å². The number of hydrazone groups is 1. The van der Waals surface area contributed by atoms with Crippen molar-refractivity contribution in [2.45, 2.75) is 19.7 Å². The van der Waals surface area contributed by atoms with E-state index in [0.717, 1.165) is 17.7 Å². The molecule has 0 amide bonds. The summed E-state index contributed by atoms with van der Waals surface area (Å²) in [6.07, 6.45) is -3.40. The Morgan fingerprint density at radius 1 is 1.09 bits per heavy atom. The number of hydrogen-bond acceptors (Lipinski definition) is 6. The molecular formula is C23H18BrF4N3O4. The number of nitrogens with zero attached hydrogens (tertiary/aromatic N) is 2. The first-order chi connectivity index (χ1) is 16.6. The van der Waals surface area contributed by atoms with E-state index in [1.807, 2.05) is 0 Å². The van der Waals surface area contributed by atoms with Gasteiger partial charge in [0, 0.05) is 16.1 Å². The first-order valence-electron chi connectivity index (χ1n) is 10.1. The lowest BCUT2D eigenvalue weighted by Gasteiger charge is -2.14. The summed E-state index contributed by atoms with van der Waals surface area (Å²) in [6, 6.07) is 11.2. The average Bonchev–Trinajstić information content (AvgIpc) is 2.80. The summed E-state index contributed by atoms with van der Waals surface area (Å²) in [5.74, 6) is 0.441. The Balaban J connectivity index is 1.80. The predicted molar refractivity (Wildman–Crippen MR) is 125 cm³/mol. The Labute approximate surface area is 205 Å². The fourth-order valence-corrected chi connectivity index (χ4v) is 3.32. The molecule has 0 radical (unpaired) electrons. The minimum Gasteiger partial charge on any atom is -0.490 e. The molecule has 0 aromatic heterocycles. The first kappa shape index (κ1) is 25.9. The summed E-state index contributed by atoms with van der Waals surface area (Å²) < 4.78 is 63.6. The summed E-state index contributed by atoms with van der Waals surface area (Å²) in [6.45, 7) is 2.28. The third-order valence-electron chi connectivity index (χ3n) is 4.58. The topological polar surface area (TPSA) is 86.0 Å². The van der Waals surface area contributed by atoms with Gasteiger partial charge in [-0.25, -0.2) is 4.39 Å². The smallest absolute Gasteiger partial charge is 0.416 e. The zero-order chi connectivity index (χ0) is 25.6. The van der Waals surface area contributed by atoms with Gasteiger partial charge in [0.25, 0.3) is 5.69 Å². The zero-order valence-corrected chi connectivity index (χ0v) is 19.7. The van der Waals surface area contributed by atoms with Gasteiger partial charge in [0.2, 0.25) is 0 Å². The van der Waals surface area contributed by atoms with Gasteiger partial charge in [-0.3, -0.25) is 15.5 Å². The molecule has 3 aromatic carbocycles. The number of nitro groups is 1. The highest BCUT2D eigenvalue weighted by atomic mass is 79.9. The lowest BCUT2D eigenvalue weighted by molar-refractivity contribution is -0.384. The van der Waals surface area contributed by atoms with Crippen molar-refractivity contribution in [3.8, 4) is 11.5 Å². The molecule has 0 saturated heterocycles. The summed E-state index contributed by atoms with van der Waals surface area (Å²) in [5, 5.41) is 15.1. The van der Waals surface area contributed by atoms with E-state index in [4.69, 9.17) is 9.47 Å². The molecule has 0 unspecified atom stereocenters. The van der Waals surface area contributed by atoms with Crippen molar-refractivity contribution in [3.63, 3.8) is 0 Å². The molecule has 0 atom stereocenters. The summed E-state index contributed by atoms with van der Waals surface area (Å²) in [4.78, 5) is 10.3. The normalized spacial score (nSPS) is 11.5. The van der Waals surface area contributed by atoms with Crippen molar-refractivity contribution in [1.82, 2.24) is 0 Å². The number of anilines is 1. The van der Waals surface area contributed by atoms with Gasteiger partial charge < -0.3 is 9.47 Å². The second-order valence-electron chi connectivity index (χ2n) is 7.03. The van der Waals surface area contributed by atoms with Crippen LogP contribution < -0.4 is 14.9 Å². The number of halogens is 5. The van der Waals surface area contributed by atoms with Gasteiger partial charge in [-0.05, 0) is 64.8 Å². The maximum absolute atomic E-state index is 13.1. The summed E-state index contributed by atoms with van der Waals surface area (Å²) >= 11 is 3.39. The first-order valence-corrected chi connectivity index (χ1v) is 10.9. The molecule has 0 bridgehead atoms. The number of nitro benzene ring substituents is 1. The van der Waals surface area contributed by atoms with Crippen LogP contribution in [-0.4, -0.2) is 17.7 Å². The minimum atomic E-state index is -4.71. The highest BCUT2D eigenvalue weighted by Gasteiger charge is 2.33. The molecule has 0 aliphatic heterocycles. The van der Waals surface area contributed by atoms with Crippen LogP contribution in [0.1, 0.15) is 23.6 Å². The monoisotopic (exact) mass is 555 g/mol. The molecule has 0 aliphatic carbocycles. The quantitative estimate of drug-likeness (QED) is 0.134. The molecule has 0 saturated carbocycles. The number of rotatable bonds is 9. The molecule has 1 N–H and O–H groups in total. The lowest BCUT2D eigenvalue weighted by Crippen LogP contribution is -2.06. The molecule has 0 aliphatic rings. The maximum Gasteiger partial charge on any atom is 0.416 e. The number of benzene rings is 3. The lowest BCUT2D eigenvalue weighted by atomic mass is 10.1. The van der Waals surface area contributed by atoms with Crippen LogP contribution in [-0.2, 0) is 12.8 Å². The molecule has 0 spiro atoms. The van der Waals surface area contributed by atoms with E-state index in [9.17, 15) is 27.7 Å². The number of ether oxygens (including phenoxy) is 2. The minimum absolute atomic E-state index is 0.166. The van der Waals surface area contributed by atoms with Crippen molar-refractivity contribution in [2.24, 2.45) is 5.10 Å². The number of alkyl halides is 3. The third-order valence-corrected chi connectivity index (χ3v) is 5.27. The second-order valence-corrected chi connectivity index (χ2v) is 7.88. The average molecular weight is 556 g/mol. The van der Waals surface area contributed by atoms with Gasteiger partial charge in [0.15, 0.2) is 11.5 Å².